The van der Waals surface area contributed by atoms with Gasteiger partial charge in [-0.3, -0.25) is 19.5 Å². The number of nitro benzene ring substituents is 1. The minimum absolute atomic E-state index is 0.00130. The quantitative estimate of drug-likeness (QED) is 0.661. The van der Waals surface area contributed by atoms with Gasteiger partial charge in [-0.1, -0.05) is 0 Å². The van der Waals surface area contributed by atoms with Crippen LogP contribution in [0, 0.1) is 10.1 Å². The molecule has 0 fully saturated rings. The van der Waals surface area contributed by atoms with E-state index < -0.39 is 4.92 Å². The van der Waals surface area contributed by atoms with Gasteiger partial charge in [-0.15, -0.1) is 0 Å². The molecule has 1 aromatic heterocycles. The van der Waals surface area contributed by atoms with Crippen molar-refractivity contribution in [2.24, 2.45) is 0 Å². The molecule has 0 aliphatic rings. The number of nitrogens with zero attached hydrogens (tertiary/aromatic N) is 3. The van der Waals surface area contributed by atoms with Gasteiger partial charge in [0.1, 0.15) is 0 Å². The first kappa shape index (κ1) is 13.7. The fraction of sp³-hybridized carbons (Fsp3) is 0.231. The molecule has 7 heteroatoms. The van der Waals surface area contributed by atoms with Gasteiger partial charge in [0.25, 0.3) is 11.2 Å². The summed E-state index contributed by atoms with van der Waals surface area (Å²) in [6.45, 7) is 2.85. The minimum atomic E-state index is -0.453. The smallest absolute Gasteiger partial charge is 0.269 e. The number of non-ortho nitro benzene ring substituents is 1. The van der Waals surface area contributed by atoms with E-state index in [2.05, 4.69) is 10.3 Å². The molecule has 0 spiro atoms. The van der Waals surface area contributed by atoms with Gasteiger partial charge >= 0.3 is 0 Å². The molecule has 7 nitrogen and oxygen atoms in total. The van der Waals surface area contributed by atoms with Gasteiger partial charge in [0.2, 0.25) is 0 Å². The van der Waals surface area contributed by atoms with Crippen LogP contribution in [0.5, 0.6) is 0 Å². The van der Waals surface area contributed by atoms with Crippen molar-refractivity contribution in [3.05, 3.63) is 62.8 Å². The van der Waals surface area contributed by atoms with Crippen LogP contribution >= 0.6 is 0 Å². The van der Waals surface area contributed by atoms with E-state index in [1.165, 1.54) is 35.3 Å². The summed E-state index contributed by atoms with van der Waals surface area (Å²) in [5.74, 6) is 0. The Kier molecular flexibility index (Phi) is 4.09. The van der Waals surface area contributed by atoms with Crippen LogP contribution in [0.1, 0.15) is 12.5 Å². The van der Waals surface area contributed by atoms with Gasteiger partial charge < -0.3 is 5.32 Å². The van der Waals surface area contributed by atoms with Crippen molar-refractivity contribution < 1.29 is 4.92 Å². The molecule has 104 valence electrons. The molecule has 0 atom stereocenters. The molecule has 0 aliphatic carbocycles. The lowest BCUT2D eigenvalue weighted by molar-refractivity contribution is -0.384. The number of rotatable bonds is 5. The van der Waals surface area contributed by atoms with Crippen LogP contribution in [0.25, 0.3) is 0 Å². The first-order valence-electron chi connectivity index (χ1n) is 6.13. The van der Waals surface area contributed by atoms with E-state index in [1.54, 1.807) is 6.07 Å². The molecular formula is C13H14N4O3. The third-order valence-corrected chi connectivity index (χ3v) is 2.80. The Morgan fingerprint density at radius 1 is 1.40 bits per heavy atom. The molecule has 20 heavy (non-hydrogen) atoms. The zero-order chi connectivity index (χ0) is 14.5. The predicted molar refractivity (Wildman–Crippen MR) is 74.9 cm³/mol. The summed E-state index contributed by atoms with van der Waals surface area (Å²) in [5.41, 5.74) is 1.25. The van der Waals surface area contributed by atoms with E-state index in [9.17, 15) is 14.9 Å². The fourth-order valence-electron chi connectivity index (χ4n) is 1.87. The monoisotopic (exact) mass is 274 g/mol. The van der Waals surface area contributed by atoms with Crippen molar-refractivity contribution in [2.75, 3.05) is 11.9 Å². The third-order valence-electron chi connectivity index (χ3n) is 2.80. The van der Waals surface area contributed by atoms with Gasteiger partial charge in [-0.2, -0.15) is 0 Å². The summed E-state index contributed by atoms with van der Waals surface area (Å²) in [5, 5.41) is 14.0. The number of hydrogen-bond acceptors (Lipinski definition) is 5. The first-order valence-corrected chi connectivity index (χ1v) is 6.13. The normalized spacial score (nSPS) is 10.2. The Hall–Kier alpha value is -2.70. The highest BCUT2D eigenvalue weighted by molar-refractivity contribution is 5.56. The maximum Gasteiger partial charge on any atom is 0.269 e. The second-order valence-corrected chi connectivity index (χ2v) is 4.18. The van der Waals surface area contributed by atoms with E-state index in [0.717, 1.165) is 5.69 Å². The summed E-state index contributed by atoms with van der Waals surface area (Å²) in [6.07, 6.45) is 2.83. The summed E-state index contributed by atoms with van der Waals surface area (Å²) in [7, 11) is 0. The van der Waals surface area contributed by atoms with Crippen LogP contribution in [0.15, 0.2) is 41.6 Å². The van der Waals surface area contributed by atoms with Crippen LogP contribution in [0.2, 0.25) is 0 Å². The molecule has 1 aromatic carbocycles. The molecule has 0 saturated carbocycles. The van der Waals surface area contributed by atoms with Crippen LogP contribution < -0.4 is 10.9 Å². The Morgan fingerprint density at radius 2 is 2.20 bits per heavy atom. The van der Waals surface area contributed by atoms with E-state index in [1.807, 2.05) is 6.92 Å². The molecule has 1 N–H and O–H groups in total. The van der Waals surface area contributed by atoms with E-state index in [4.69, 9.17) is 0 Å². The van der Waals surface area contributed by atoms with Crippen molar-refractivity contribution >= 4 is 11.4 Å². The van der Waals surface area contributed by atoms with E-state index in [0.29, 0.717) is 12.1 Å². The highest BCUT2D eigenvalue weighted by atomic mass is 16.6. The Balaban J connectivity index is 2.42. The van der Waals surface area contributed by atoms with Gasteiger partial charge in [-0.05, 0) is 13.0 Å². The number of benzene rings is 1. The summed E-state index contributed by atoms with van der Waals surface area (Å²) >= 11 is 0. The zero-order valence-electron chi connectivity index (χ0n) is 10.9. The maximum atomic E-state index is 11.7. The molecule has 0 amide bonds. The lowest BCUT2D eigenvalue weighted by Gasteiger charge is -2.11. The summed E-state index contributed by atoms with van der Waals surface area (Å²) in [4.78, 5) is 26.0. The lowest BCUT2D eigenvalue weighted by Crippen LogP contribution is -2.20. The molecule has 2 rings (SSSR count). The largest absolute Gasteiger partial charge is 0.385 e. The fourth-order valence-corrected chi connectivity index (χ4v) is 1.87. The van der Waals surface area contributed by atoms with E-state index in [-0.39, 0.29) is 17.8 Å². The second-order valence-electron chi connectivity index (χ2n) is 4.18. The molecule has 0 unspecified atom stereocenters. The Morgan fingerprint density at radius 3 is 2.85 bits per heavy atom. The SMILES string of the molecule is CCNc1ccc([N+](=O)[O-])cc1Cn1cnccc1=O. The molecule has 1 heterocycles. The van der Waals surface area contributed by atoms with Gasteiger partial charge in [-0.25, -0.2) is 4.98 Å². The topological polar surface area (TPSA) is 90.1 Å². The lowest BCUT2D eigenvalue weighted by atomic mass is 10.1. The molecule has 0 bridgehead atoms. The van der Waals surface area contributed by atoms with E-state index >= 15 is 0 Å². The number of hydrogen-bond donors (Lipinski definition) is 1. The zero-order valence-corrected chi connectivity index (χ0v) is 10.9. The third kappa shape index (κ3) is 3.00. The van der Waals surface area contributed by atoms with Crippen LogP contribution in [0.3, 0.4) is 0 Å². The van der Waals surface area contributed by atoms with Crippen molar-refractivity contribution in [2.45, 2.75) is 13.5 Å². The molecular weight excluding hydrogens is 260 g/mol. The second kappa shape index (κ2) is 5.96. The minimum Gasteiger partial charge on any atom is -0.385 e. The Bertz CT molecular complexity index is 681. The van der Waals surface area contributed by atoms with Crippen LogP contribution in [-0.2, 0) is 6.54 Å². The van der Waals surface area contributed by atoms with Gasteiger partial charge in [0.15, 0.2) is 0 Å². The molecule has 2 aromatic rings. The predicted octanol–water partition coefficient (Wildman–Crippen LogP) is 1.63. The Labute approximate surface area is 115 Å². The van der Waals surface area contributed by atoms with Crippen molar-refractivity contribution in [3.8, 4) is 0 Å². The first-order chi connectivity index (χ1) is 9.61. The van der Waals surface area contributed by atoms with Crippen molar-refractivity contribution in [1.82, 2.24) is 9.55 Å². The number of nitro groups is 1. The highest BCUT2D eigenvalue weighted by Crippen LogP contribution is 2.22. The summed E-state index contributed by atoms with van der Waals surface area (Å²) < 4.78 is 1.40. The number of anilines is 1. The standard InChI is InChI=1S/C13H14N4O3/c1-2-15-12-4-3-11(17(19)20)7-10(12)8-16-9-14-6-5-13(16)18/h3-7,9,15H,2,8H2,1H3. The number of nitrogens with one attached hydrogen (secondary N) is 1. The number of aromatic nitrogens is 2. The van der Waals surface area contributed by atoms with Gasteiger partial charge in [0.05, 0.1) is 17.8 Å². The maximum absolute atomic E-state index is 11.7. The molecule has 0 saturated heterocycles. The highest BCUT2D eigenvalue weighted by Gasteiger charge is 2.11. The average Bonchev–Trinajstić information content (AvgIpc) is 2.43. The van der Waals surface area contributed by atoms with Crippen LogP contribution in [0.4, 0.5) is 11.4 Å². The van der Waals surface area contributed by atoms with Crippen molar-refractivity contribution in [3.63, 3.8) is 0 Å². The molecule has 0 aliphatic heterocycles. The summed E-state index contributed by atoms with van der Waals surface area (Å²) in [6, 6.07) is 5.91. The average molecular weight is 274 g/mol. The van der Waals surface area contributed by atoms with Crippen molar-refractivity contribution in [1.29, 1.82) is 0 Å². The van der Waals surface area contributed by atoms with Crippen LogP contribution in [-0.4, -0.2) is 21.0 Å². The van der Waals surface area contributed by atoms with Gasteiger partial charge in [0, 0.05) is 42.2 Å². The molecule has 0 radical (unpaired) electrons.